The lowest BCUT2D eigenvalue weighted by Crippen LogP contribution is -2.45. The molecule has 0 aromatic heterocycles. The topological polar surface area (TPSA) is 44.8 Å². The summed E-state index contributed by atoms with van der Waals surface area (Å²) in [4.78, 5) is 11.9. The molecule has 1 heterocycles. The third kappa shape index (κ3) is 2.09. The fourth-order valence-corrected chi connectivity index (χ4v) is 2.74. The zero-order valence-electron chi connectivity index (χ0n) is 10.1. The first-order valence-electron chi connectivity index (χ1n) is 6.05. The molecule has 0 aromatic carbocycles. The quantitative estimate of drug-likeness (QED) is 0.677. The smallest absolute Gasteiger partial charge is 0.311 e. The standard InChI is InChI=1S/C12H20O4/c1-3-14-10(13)11(2)5-4-6-12(9-11)15-7-8-16-12/h3-9H2,1-2H3/t11-/m1/s1. The molecule has 1 atom stereocenters. The van der Waals surface area contributed by atoms with Gasteiger partial charge in [-0.2, -0.15) is 0 Å². The Hall–Kier alpha value is -0.610. The molecule has 1 spiro atoms. The van der Waals surface area contributed by atoms with Gasteiger partial charge in [-0.3, -0.25) is 4.79 Å². The van der Waals surface area contributed by atoms with Crippen LogP contribution in [-0.4, -0.2) is 31.6 Å². The highest BCUT2D eigenvalue weighted by molar-refractivity contribution is 5.76. The molecule has 16 heavy (non-hydrogen) atoms. The van der Waals surface area contributed by atoms with Crippen LogP contribution in [-0.2, 0) is 19.0 Å². The summed E-state index contributed by atoms with van der Waals surface area (Å²) in [6.45, 7) is 5.50. The molecule has 1 aliphatic heterocycles. The maximum Gasteiger partial charge on any atom is 0.311 e. The molecule has 1 aliphatic carbocycles. The third-order valence-electron chi connectivity index (χ3n) is 3.53. The average molecular weight is 228 g/mol. The number of carbonyl (C=O) groups excluding carboxylic acids is 1. The summed E-state index contributed by atoms with van der Waals surface area (Å²) in [5, 5.41) is 0. The Balaban J connectivity index is 2.07. The molecule has 0 bridgehead atoms. The monoisotopic (exact) mass is 228 g/mol. The van der Waals surface area contributed by atoms with E-state index in [9.17, 15) is 4.79 Å². The van der Waals surface area contributed by atoms with Gasteiger partial charge in [-0.25, -0.2) is 0 Å². The average Bonchev–Trinajstić information content (AvgIpc) is 2.66. The predicted molar refractivity (Wildman–Crippen MR) is 57.8 cm³/mol. The third-order valence-corrected chi connectivity index (χ3v) is 3.53. The van der Waals surface area contributed by atoms with Gasteiger partial charge in [0.2, 0.25) is 0 Å². The van der Waals surface area contributed by atoms with Crippen LogP contribution in [0.2, 0.25) is 0 Å². The maximum atomic E-state index is 11.9. The van der Waals surface area contributed by atoms with Crippen LogP contribution in [0.1, 0.15) is 39.5 Å². The summed E-state index contributed by atoms with van der Waals surface area (Å²) < 4.78 is 16.5. The van der Waals surface area contributed by atoms with Gasteiger partial charge >= 0.3 is 5.97 Å². The second-order valence-electron chi connectivity index (χ2n) is 4.92. The van der Waals surface area contributed by atoms with Crippen molar-refractivity contribution in [3.8, 4) is 0 Å². The Labute approximate surface area is 96.2 Å². The van der Waals surface area contributed by atoms with Crippen molar-refractivity contribution in [1.29, 1.82) is 0 Å². The molecule has 0 amide bonds. The molecular weight excluding hydrogens is 208 g/mol. The lowest BCUT2D eigenvalue weighted by atomic mass is 9.73. The van der Waals surface area contributed by atoms with Gasteiger partial charge in [0, 0.05) is 12.8 Å². The van der Waals surface area contributed by atoms with Crippen molar-refractivity contribution >= 4 is 5.97 Å². The van der Waals surface area contributed by atoms with Crippen LogP contribution in [0.3, 0.4) is 0 Å². The highest BCUT2D eigenvalue weighted by Crippen LogP contribution is 2.46. The van der Waals surface area contributed by atoms with Gasteiger partial charge in [0.05, 0.1) is 25.2 Å². The molecular formula is C12H20O4. The molecule has 4 heteroatoms. The molecule has 0 radical (unpaired) electrons. The van der Waals surface area contributed by atoms with Gasteiger partial charge in [-0.15, -0.1) is 0 Å². The number of ether oxygens (including phenoxy) is 3. The SMILES string of the molecule is CCOC(=O)[C@]1(C)CCCC2(C1)OCCO2. The van der Waals surface area contributed by atoms with E-state index in [0.29, 0.717) is 26.2 Å². The summed E-state index contributed by atoms with van der Waals surface area (Å²) >= 11 is 0. The predicted octanol–water partition coefficient (Wildman–Crippen LogP) is 1.87. The van der Waals surface area contributed by atoms with E-state index in [4.69, 9.17) is 14.2 Å². The van der Waals surface area contributed by atoms with E-state index in [1.807, 2.05) is 13.8 Å². The number of rotatable bonds is 2. The number of carbonyl (C=O) groups is 1. The number of esters is 1. The van der Waals surface area contributed by atoms with Crippen LogP contribution in [0.4, 0.5) is 0 Å². The highest BCUT2D eigenvalue weighted by Gasteiger charge is 2.50. The first-order chi connectivity index (χ1) is 7.60. The van der Waals surface area contributed by atoms with Gasteiger partial charge in [-0.05, 0) is 26.7 Å². The van der Waals surface area contributed by atoms with Crippen molar-refractivity contribution in [2.45, 2.75) is 45.3 Å². The minimum atomic E-state index is -0.514. The molecule has 0 N–H and O–H groups in total. The van der Waals surface area contributed by atoms with Crippen molar-refractivity contribution in [2.75, 3.05) is 19.8 Å². The molecule has 1 saturated heterocycles. The molecule has 2 rings (SSSR count). The first-order valence-corrected chi connectivity index (χ1v) is 6.05. The molecule has 0 aromatic rings. The summed E-state index contributed by atoms with van der Waals surface area (Å²) in [5.74, 6) is -0.632. The minimum Gasteiger partial charge on any atom is -0.466 e. The molecule has 1 saturated carbocycles. The Bertz CT molecular complexity index is 270. The zero-order chi connectivity index (χ0) is 11.6. The fourth-order valence-electron chi connectivity index (χ4n) is 2.74. The normalized spacial score (nSPS) is 32.9. The van der Waals surface area contributed by atoms with Gasteiger partial charge in [-0.1, -0.05) is 0 Å². The lowest BCUT2D eigenvalue weighted by Gasteiger charge is -2.41. The molecule has 2 fully saturated rings. The van der Waals surface area contributed by atoms with Crippen molar-refractivity contribution in [1.82, 2.24) is 0 Å². The summed E-state index contributed by atoms with van der Waals surface area (Å²) in [6, 6.07) is 0. The second-order valence-corrected chi connectivity index (χ2v) is 4.92. The van der Waals surface area contributed by atoms with Crippen molar-refractivity contribution in [3.63, 3.8) is 0 Å². The van der Waals surface area contributed by atoms with Crippen LogP contribution >= 0.6 is 0 Å². The highest BCUT2D eigenvalue weighted by atomic mass is 16.7. The van der Waals surface area contributed by atoms with E-state index >= 15 is 0 Å². The van der Waals surface area contributed by atoms with Gasteiger partial charge < -0.3 is 14.2 Å². The lowest BCUT2D eigenvalue weighted by molar-refractivity contribution is -0.209. The Morgan fingerprint density at radius 1 is 1.31 bits per heavy atom. The number of hydrogen-bond acceptors (Lipinski definition) is 4. The maximum absolute atomic E-state index is 11.9. The van der Waals surface area contributed by atoms with E-state index < -0.39 is 11.2 Å². The summed E-state index contributed by atoms with van der Waals surface area (Å²) in [5.41, 5.74) is -0.446. The van der Waals surface area contributed by atoms with Crippen molar-refractivity contribution in [2.24, 2.45) is 5.41 Å². The van der Waals surface area contributed by atoms with Crippen LogP contribution in [0.25, 0.3) is 0 Å². The van der Waals surface area contributed by atoms with Gasteiger partial charge in [0.25, 0.3) is 0 Å². The van der Waals surface area contributed by atoms with E-state index in [2.05, 4.69) is 0 Å². The molecule has 4 nitrogen and oxygen atoms in total. The van der Waals surface area contributed by atoms with E-state index in [0.717, 1.165) is 19.3 Å². The summed E-state index contributed by atoms with van der Waals surface area (Å²) in [6.07, 6.45) is 3.33. The van der Waals surface area contributed by atoms with Gasteiger partial charge in [0.15, 0.2) is 5.79 Å². The van der Waals surface area contributed by atoms with Crippen LogP contribution in [0.5, 0.6) is 0 Å². The van der Waals surface area contributed by atoms with E-state index in [1.165, 1.54) is 0 Å². The Kier molecular flexibility index (Phi) is 3.22. The van der Waals surface area contributed by atoms with Crippen LogP contribution < -0.4 is 0 Å². The summed E-state index contributed by atoms with van der Waals surface area (Å²) in [7, 11) is 0. The van der Waals surface area contributed by atoms with Crippen molar-refractivity contribution < 1.29 is 19.0 Å². The molecule has 0 unspecified atom stereocenters. The van der Waals surface area contributed by atoms with Crippen LogP contribution in [0, 0.1) is 5.41 Å². The molecule has 2 aliphatic rings. The molecule has 92 valence electrons. The van der Waals surface area contributed by atoms with Crippen LogP contribution in [0.15, 0.2) is 0 Å². The zero-order valence-corrected chi connectivity index (χ0v) is 10.1. The van der Waals surface area contributed by atoms with E-state index in [-0.39, 0.29) is 5.97 Å². The van der Waals surface area contributed by atoms with E-state index in [1.54, 1.807) is 0 Å². The second kappa shape index (κ2) is 4.34. The Morgan fingerprint density at radius 3 is 2.62 bits per heavy atom. The first kappa shape index (κ1) is 11.9. The largest absolute Gasteiger partial charge is 0.466 e. The Morgan fingerprint density at radius 2 is 2.00 bits per heavy atom. The fraction of sp³-hybridized carbons (Fsp3) is 0.917. The van der Waals surface area contributed by atoms with Gasteiger partial charge in [0.1, 0.15) is 0 Å². The minimum absolute atomic E-state index is 0.117. The number of hydrogen-bond donors (Lipinski definition) is 0. The van der Waals surface area contributed by atoms with Crippen molar-refractivity contribution in [3.05, 3.63) is 0 Å².